The predicted molar refractivity (Wildman–Crippen MR) is 84.4 cm³/mol. The van der Waals surface area contributed by atoms with Crippen LogP contribution in [0.4, 0.5) is 0 Å². The van der Waals surface area contributed by atoms with Crippen LogP contribution in [0.3, 0.4) is 0 Å². The molecule has 0 aliphatic rings. The third-order valence-corrected chi connectivity index (χ3v) is 4.82. The van der Waals surface area contributed by atoms with Crippen molar-refractivity contribution in [3.8, 4) is 0 Å². The molecule has 1 N–H and O–H groups in total. The molecule has 0 bridgehead atoms. The van der Waals surface area contributed by atoms with E-state index < -0.39 is 0 Å². The zero-order valence-electron chi connectivity index (χ0n) is 12.2. The maximum absolute atomic E-state index is 3.43. The second-order valence-electron chi connectivity index (χ2n) is 4.89. The van der Waals surface area contributed by atoms with Gasteiger partial charge in [-0.3, -0.25) is 0 Å². The molecule has 2 unspecified atom stereocenters. The van der Waals surface area contributed by atoms with Crippen molar-refractivity contribution in [3.63, 3.8) is 0 Å². The molecule has 1 aromatic carbocycles. The number of benzene rings is 1. The molecule has 2 heteroatoms. The van der Waals surface area contributed by atoms with E-state index in [2.05, 4.69) is 69.2 Å². The van der Waals surface area contributed by atoms with E-state index in [9.17, 15) is 0 Å². The molecule has 0 fully saturated rings. The molecule has 0 aliphatic carbocycles. The highest BCUT2D eigenvalue weighted by Crippen LogP contribution is 2.23. The van der Waals surface area contributed by atoms with Crippen molar-refractivity contribution >= 4 is 11.8 Å². The minimum atomic E-state index is 0.472. The van der Waals surface area contributed by atoms with Crippen LogP contribution in [-0.4, -0.2) is 18.1 Å². The van der Waals surface area contributed by atoms with Gasteiger partial charge in [0.25, 0.3) is 0 Å². The molecule has 1 rings (SSSR count). The number of rotatable bonds is 8. The molecule has 0 amide bonds. The lowest BCUT2D eigenvalue weighted by Crippen LogP contribution is -2.19. The van der Waals surface area contributed by atoms with Gasteiger partial charge in [0.2, 0.25) is 0 Å². The molecule has 102 valence electrons. The smallest absolute Gasteiger partial charge is 0.0409 e. The van der Waals surface area contributed by atoms with Crippen molar-refractivity contribution in [1.29, 1.82) is 0 Å². The number of hydrogen-bond acceptors (Lipinski definition) is 2. The molecule has 0 saturated carbocycles. The van der Waals surface area contributed by atoms with Gasteiger partial charge in [0, 0.05) is 17.0 Å². The lowest BCUT2D eigenvalue weighted by Gasteiger charge is -2.18. The van der Waals surface area contributed by atoms with Crippen molar-refractivity contribution in [2.75, 3.05) is 12.8 Å². The molecule has 2 atom stereocenters. The van der Waals surface area contributed by atoms with Crippen LogP contribution in [0.2, 0.25) is 0 Å². The summed E-state index contributed by atoms with van der Waals surface area (Å²) in [5.74, 6) is 1.15. The number of aryl methyl sites for hydroxylation is 1. The summed E-state index contributed by atoms with van der Waals surface area (Å²) in [6.45, 7) is 6.79. The Labute approximate surface area is 117 Å². The third kappa shape index (κ3) is 5.03. The molecule has 0 radical (unpaired) electrons. The van der Waals surface area contributed by atoms with Crippen molar-refractivity contribution in [2.24, 2.45) is 0 Å². The maximum Gasteiger partial charge on any atom is 0.0409 e. The minimum Gasteiger partial charge on any atom is -0.312 e. The van der Waals surface area contributed by atoms with Gasteiger partial charge in [0.15, 0.2) is 0 Å². The topological polar surface area (TPSA) is 12.0 Å². The number of thioether (sulfide) groups is 1. The van der Waals surface area contributed by atoms with E-state index in [-0.39, 0.29) is 0 Å². The van der Waals surface area contributed by atoms with E-state index in [1.807, 2.05) is 0 Å². The largest absolute Gasteiger partial charge is 0.312 e. The Morgan fingerprint density at radius 1 is 1.17 bits per heavy atom. The fraction of sp³-hybridized carbons (Fsp3) is 0.625. The lowest BCUT2D eigenvalue weighted by molar-refractivity contribution is 0.659. The summed E-state index contributed by atoms with van der Waals surface area (Å²) < 4.78 is 0. The molecule has 0 aromatic heterocycles. The monoisotopic (exact) mass is 265 g/mol. The molecule has 0 aliphatic heterocycles. The second kappa shape index (κ2) is 8.60. The standard InChI is InChI=1S/C16H27NS/c1-5-7-14-8-10-15(11-9-14)16(17-4)12-18-13(3)6-2/h8-11,13,16-17H,5-7,12H2,1-4H3. The molecule has 1 aromatic rings. The predicted octanol–water partition coefficient (Wildman–Crippen LogP) is 4.43. The first-order chi connectivity index (χ1) is 8.71. The Balaban J connectivity index is 2.58. The minimum absolute atomic E-state index is 0.472. The summed E-state index contributed by atoms with van der Waals surface area (Å²) >= 11 is 2.06. The third-order valence-electron chi connectivity index (χ3n) is 3.39. The van der Waals surface area contributed by atoms with Crippen LogP contribution in [0.15, 0.2) is 24.3 Å². The van der Waals surface area contributed by atoms with E-state index in [4.69, 9.17) is 0 Å². The van der Waals surface area contributed by atoms with Crippen LogP contribution in [0.1, 0.15) is 50.8 Å². The molecule has 18 heavy (non-hydrogen) atoms. The van der Waals surface area contributed by atoms with E-state index in [1.165, 1.54) is 30.4 Å². The quantitative estimate of drug-likeness (QED) is 0.746. The van der Waals surface area contributed by atoms with Crippen LogP contribution in [0.5, 0.6) is 0 Å². The fourth-order valence-electron chi connectivity index (χ4n) is 1.93. The van der Waals surface area contributed by atoms with Gasteiger partial charge in [-0.2, -0.15) is 11.8 Å². The van der Waals surface area contributed by atoms with Gasteiger partial charge < -0.3 is 5.32 Å². The van der Waals surface area contributed by atoms with Gasteiger partial charge in [-0.25, -0.2) is 0 Å². The average molecular weight is 265 g/mol. The van der Waals surface area contributed by atoms with E-state index >= 15 is 0 Å². The van der Waals surface area contributed by atoms with Gasteiger partial charge in [-0.15, -0.1) is 0 Å². The van der Waals surface area contributed by atoms with Gasteiger partial charge in [0.1, 0.15) is 0 Å². The Kier molecular flexibility index (Phi) is 7.45. The van der Waals surface area contributed by atoms with Gasteiger partial charge in [0.05, 0.1) is 0 Å². The first-order valence-electron chi connectivity index (χ1n) is 7.08. The van der Waals surface area contributed by atoms with E-state index in [0.717, 1.165) is 11.0 Å². The van der Waals surface area contributed by atoms with Crippen molar-refractivity contribution in [2.45, 2.75) is 51.3 Å². The highest BCUT2D eigenvalue weighted by atomic mass is 32.2. The molecular formula is C16H27NS. The second-order valence-corrected chi connectivity index (χ2v) is 6.36. The van der Waals surface area contributed by atoms with Crippen LogP contribution in [-0.2, 0) is 6.42 Å². The van der Waals surface area contributed by atoms with Crippen molar-refractivity contribution < 1.29 is 0 Å². The van der Waals surface area contributed by atoms with E-state index in [1.54, 1.807) is 0 Å². The first-order valence-corrected chi connectivity index (χ1v) is 8.13. The van der Waals surface area contributed by atoms with Crippen LogP contribution >= 0.6 is 11.8 Å². The van der Waals surface area contributed by atoms with Crippen LogP contribution in [0, 0.1) is 0 Å². The summed E-state index contributed by atoms with van der Waals surface area (Å²) in [4.78, 5) is 0. The van der Waals surface area contributed by atoms with Gasteiger partial charge in [-0.1, -0.05) is 51.5 Å². The highest BCUT2D eigenvalue weighted by molar-refractivity contribution is 7.99. The van der Waals surface area contributed by atoms with Crippen LogP contribution < -0.4 is 5.32 Å². The van der Waals surface area contributed by atoms with Crippen molar-refractivity contribution in [1.82, 2.24) is 5.32 Å². The highest BCUT2D eigenvalue weighted by Gasteiger charge is 2.10. The normalized spacial score (nSPS) is 14.4. The molecular weight excluding hydrogens is 238 g/mol. The molecule has 0 heterocycles. The zero-order valence-corrected chi connectivity index (χ0v) is 13.0. The zero-order chi connectivity index (χ0) is 13.4. The SMILES string of the molecule is CCCc1ccc(C(CSC(C)CC)NC)cc1. The first kappa shape index (κ1) is 15.6. The summed E-state index contributed by atoms with van der Waals surface area (Å²) in [5.41, 5.74) is 2.86. The summed E-state index contributed by atoms with van der Waals surface area (Å²) in [6.07, 6.45) is 3.65. The molecule has 1 nitrogen and oxygen atoms in total. The fourth-order valence-corrected chi connectivity index (χ4v) is 3.05. The molecule has 0 spiro atoms. The number of nitrogens with one attached hydrogen (secondary N) is 1. The lowest BCUT2D eigenvalue weighted by atomic mass is 10.0. The Bertz CT molecular complexity index is 320. The Hall–Kier alpha value is -0.470. The Morgan fingerprint density at radius 3 is 2.33 bits per heavy atom. The van der Waals surface area contributed by atoms with Crippen LogP contribution in [0.25, 0.3) is 0 Å². The van der Waals surface area contributed by atoms with Gasteiger partial charge in [-0.05, 0) is 31.0 Å². The average Bonchev–Trinajstić information content (AvgIpc) is 2.41. The van der Waals surface area contributed by atoms with Crippen molar-refractivity contribution in [3.05, 3.63) is 35.4 Å². The summed E-state index contributed by atoms with van der Waals surface area (Å²) in [5, 5.41) is 4.18. The van der Waals surface area contributed by atoms with Gasteiger partial charge >= 0.3 is 0 Å². The maximum atomic E-state index is 3.43. The summed E-state index contributed by atoms with van der Waals surface area (Å²) in [6, 6.07) is 9.58. The Morgan fingerprint density at radius 2 is 1.83 bits per heavy atom. The van der Waals surface area contributed by atoms with E-state index in [0.29, 0.717) is 6.04 Å². The number of hydrogen-bond donors (Lipinski definition) is 1. The molecule has 0 saturated heterocycles. The summed E-state index contributed by atoms with van der Waals surface area (Å²) in [7, 11) is 2.06.